The number of halogens is 3. The number of carbonyl (C=O) groups is 1. The van der Waals surface area contributed by atoms with Gasteiger partial charge in [0.2, 0.25) is 0 Å². The van der Waals surface area contributed by atoms with Gasteiger partial charge in [-0.25, -0.2) is 13.1 Å². The van der Waals surface area contributed by atoms with Crippen LogP contribution in [0.25, 0.3) is 5.69 Å². The van der Waals surface area contributed by atoms with Crippen LogP contribution in [-0.4, -0.2) is 23.7 Å². The van der Waals surface area contributed by atoms with Crippen LogP contribution in [0.5, 0.6) is 0 Å². The van der Waals surface area contributed by atoms with E-state index in [4.69, 9.17) is 34.8 Å². The molecular formula is C24H19Cl3N4O4S. The number of nitrogens with zero attached hydrogens (tertiary/aromatic N) is 2. The van der Waals surface area contributed by atoms with Crippen LogP contribution in [0.1, 0.15) is 16.1 Å². The number of amides is 1. The Morgan fingerprint density at radius 2 is 1.56 bits per heavy atom. The second kappa shape index (κ2) is 10.0. The highest BCUT2D eigenvalue weighted by Gasteiger charge is 2.25. The molecule has 1 aromatic heterocycles. The van der Waals surface area contributed by atoms with Gasteiger partial charge in [0.05, 0.1) is 16.4 Å². The molecule has 0 fully saturated rings. The summed E-state index contributed by atoms with van der Waals surface area (Å²) in [6, 6.07) is 17.1. The van der Waals surface area contributed by atoms with Gasteiger partial charge in [0, 0.05) is 28.3 Å². The van der Waals surface area contributed by atoms with Crippen LogP contribution in [0.3, 0.4) is 0 Å². The molecule has 0 bridgehead atoms. The second-order valence-electron chi connectivity index (χ2n) is 7.80. The Morgan fingerprint density at radius 1 is 0.917 bits per heavy atom. The van der Waals surface area contributed by atoms with Gasteiger partial charge in [-0.1, -0.05) is 53.0 Å². The van der Waals surface area contributed by atoms with E-state index in [-0.39, 0.29) is 21.2 Å². The van der Waals surface area contributed by atoms with Crippen molar-refractivity contribution in [2.75, 3.05) is 10.0 Å². The van der Waals surface area contributed by atoms with Gasteiger partial charge in [0.25, 0.3) is 21.5 Å². The number of rotatable bonds is 6. The van der Waals surface area contributed by atoms with Crippen molar-refractivity contribution in [2.24, 2.45) is 7.05 Å². The van der Waals surface area contributed by atoms with E-state index in [1.165, 1.54) is 39.7 Å². The van der Waals surface area contributed by atoms with Crippen LogP contribution in [0, 0.1) is 6.92 Å². The smallest absolute Gasteiger partial charge is 0.296 e. The lowest BCUT2D eigenvalue weighted by Gasteiger charge is -2.11. The molecule has 3 aromatic carbocycles. The zero-order valence-electron chi connectivity index (χ0n) is 18.9. The lowest BCUT2D eigenvalue weighted by atomic mass is 10.2. The maximum absolute atomic E-state index is 13.3. The Morgan fingerprint density at radius 3 is 2.19 bits per heavy atom. The summed E-state index contributed by atoms with van der Waals surface area (Å²) in [5, 5.41) is 3.13. The number of para-hydroxylation sites is 1. The SMILES string of the molecule is Cc1c(NS(=O)(=O)c2cc(C(=O)Nc3cc(Cl)cc(Cl)c3)ccc2Cl)c(=O)n(-c2ccccc2)n1C. The van der Waals surface area contributed by atoms with Gasteiger partial charge >= 0.3 is 0 Å². The van der Waals surface area contributed by atoms with Gasteiger partial charge in [-0.05, 0) is 55.5 Å². The summed E-state index contributed by atoms with van der Waals surface area (Å²) in [6.45, 7) is 1.61. The van der Waals surface area contributed by atoms with E-state index in [0.717, 1.165) is 6.07 Å². The van der Waals surface area contributed by atoms with Gasteiger partial charge in [-0.3, -0.25) is 19.0 Å². The Bertz CT molecular complexity index is 1630. The van der Waals surface area contributed by atoms with Crippen molar-refractivity contribution in [3.63, 3.8) is 0 Å². The number of nitrogens with one attached hydrogen (secondary N) is 2. The number of aromatic nitrogens is 2. The van der Waals surface area contributed by atoms with Crippen molar-refractivity contribution in [3.05, 3.63) is 103 Å². The standard InChI is InChI=1S/C24H19Cl3N4O4S/c1-14-22(24(33)31(30(14)2)19-6-4-3-5-7-19)29-36(34,35)21-10-15(8-9-20(21)27)23(32)28-18-12-16(25)11-17(26)13-18/h3-13,29H,1-2H3,(H,28,32). The minimum Gasteiger partial charge on any atom is -0.322 e. The fourth-order valence-electron chi connectivity index (χ4n) is 3.56. The highest BCUT2D eigenvalue weighted by molar-refractivity contribution is 7.92. The average Bonchev–Trinajstić information content (AvgIpc) is 3.01. The van der Waals surface area contributed by atoms with Crippen LogP contribution >= 0.6 is 34.8 Å². The van der Waals surface area contributed by atoms with Crippen molar-refractivity contribution < 1.29 is 13.2 Å². The molecule has 36 heavy (non-hydrogen) atoms. The first kappa shape index (κ1) is 25.8. The van der Waals surface area contributed by atoms with Gasteiger partial charge in [0.1, 0.15) is 10.6 Å². The third-order valence-corrected chi connectivity index (χ3v) is 7.66. The molecule has 186 valence electrons. The zero-order chi connectivity index (χ0) is 26.2. The molecule has 0 saturated carbocycles. The molecule has 1 heterocycles. The normalized spacial score (nSPS) is 11.4. The third-order valence-electron chi connectivity index (χ3n) is 5.39. The average molecular weight is 566 g/mol. The first-order chi connectivity index (χ1) is 17.0. The summed E-state index contributed by atoms with van der Waals surface area (Å²) < 4.78 is 31.8. The molecular weight excluding hydrogens is 547 g/mol. The highest BCUT2D eigenvalue weighted by Crippen LogP contribution is 2.27. The van der Waals surface area contributed by atoms with Gasteiger partial charge in [0.15, 0.2) is 0 Å². The van der Waals surface area contributed by atoms with E-state index in [9.17, 15) is 18.0 Å². The zero-order valence-corrected chi connectivity index (χ0v) is 22.0. The fourth-order valence-corrected chi connectivity index (χ4v) is 5.72. The molecule has 0 aliphatic heterocycles. The Kier molecular flexibility index (Phi) is 7.19. The molecule has 1 amide bonds. The maximum atomic E-state index is 13.3. The molecule has 4 aromatic rings. The summed E-state index contributed by atoms with van der Waals surface area (Å²) >= 11 is 18.1. The predicted molar refractivity (Wildman–Crippen MR) is 142 cm³/mol. The molecule has 0 aliphatic rings. The summed E-state index contributed by atoms with van der Waals surface area (Å²) in [4.78, 5) is 25.6. The van der Waals surface area contributed by atoms with E-state index < -0.39 is 21.5 Å². The highest BCUT2D eigenvalue weighted by atomic mass is 35.5. The van der Waals surface area contributed by atoms with Gasteiger partial charge in [-0.15, -0.1) is 0 Å². The quantitative estimate of drug-likeness (QED) is 0.322. The van der Waals surface area contributed by atoms with E-state index in [1.54, 1.807) is 44.3 Å². The topological polar surface area (TPSA) is 102 Å². The lowest BCUT2D eigenvalue weighted by Crippen LogP contribution is -2.23. The van der Waals surface area contributed by atoms with E-state index >= 15 is 0 Å². The van der Waals surface area contributed by atoms with Crippen LogP contribution in [0.4, 0.5) is 11.4 Å². The minimum absolute atomic E-state index is 0.0161. The van der Waals surface area contributed by atoms with E-state index in [1.807, 2.05) is 0 Å². The first-order valence-corrected chi connectivity index (χ1v) is 13.0. The maximum Gasteiger partial charge on any atom is 0.296 e. The van der Waals surface area contributed by atoms with E-state index in [2.05, 4.69) is 10.0 Å². The Labute approximate surface area is 222 Å². The molecule has 0 radical (unpaired) electrons. The van der Waals surface area contributed by atoms with Crippen LogP contribution in [0.15, 0.2) is 76.4 Å². The molecule has 4 rings (SSSR count). The van der Waals surface area contributed by atoms with Gasteiger partial charge < -0.3 is 5.32 Å². The summed E-state index contributed by atoms with van der Waals surface area (Å²) in [6.07, 6.45) is 0. The predicted octanol–water partition coefficient (Wildman–Crippen LogP) is 5.50. The Hall–Kier alpha value is -3.24. The Balaban J connectivity index is 1.68. The molecule has 8 nitrogen and oxygen atoms in total. The molecule has 0 spiro atoms. The number of hydrogen-bond donors (Lipinski definition) is 2. The van der Waals surface area contributed by atoms with Crippen LogP contribution in [0.2, 0.25) is 15.1 Å². The van der Waals surface area contributed by atoms with Crippen molar-refractivity contribution >= 4 is 62.1 Å². The van der Waals surface area contributed by atoms with E-state index in [0.29, 0.717) is 27.1 Å². The number of carbonyl (C=O) groups excluding carboxylic acids is 1. The van der Waals surface area contributed by atoms with Crippen molar-refractivity contribution in [2.45, 2.75) is 11.8 Å². The molecule has 12 heteroatoms. The largest absolute Gasteiger partial charge is 0.322 e. The fraction of sp³-hybridized carbons (Fsp3) is 0.0833. The first-order valence-electron chi connectivity index (χ1n) is 10.4. The number of hydrogen-bond acceptors (Lipinski definition) is 4. The summed E-state index contributed by atoms with van der Waals surface area (Å²) in [5.74, 6) is -0.608. The van der Waals surface area contributed by atoms with Gasteiger partial charge in [-0.2, -0.15) is 0 Å². The number of anilines is 2. The van der Waals surface area contributed by atoms with Crippen LogP contribution in [-0.2, 0) is 17.1 Å². The summed E-state index contributed by atoms with van der Waals surface area (Å²) in [5.41, 5.74) is 0.596. The monoisotopic (exact) mass is 564 g/mol. The third kappa shape index (κ3) is 5.15. The van der Waals surface area contributed by atoms with Crippen molar-refractivity contribution in [1.82, 2.24) is 9.36 Å². The van der Waals surface area contributed by atoms with Crippen LogP contribution < -0.4 is 15.6 Å². The number of benzene rings is 3. The van der Waals surface area contributed by atoms with Crippen molar-refractivity contribution in [1.29, 1.82) is 0 Å². The lowest BCUT2D eigenvalue weighted by molar-refractivity contribution is 0.102. The molecule has 0 aliphatic carbocycles. The molecule has 0 atom stereocenters. The van der Waals surface area contributed by atoms with Crippen molar-refractivity contribution in [3.8, 4) is 5.69 Å². The molecule has 0 saturated heterocycles. The molecule has 0 unspecified atom stereocenters. The minimum atomic E-state index is -4.35. The molecule has 2 N–H and O–H groups in total. The number of sulfonamides is 1. The summed E-state index contributed by atoms with van der Waals surface area (Å²) in [7, 11) is -2.71. The second-order valence-corrected chi connectivity index (χ2v) is 10.7.